The van der Waals surface area contributed by atoms with Gasteiger partial charge in [0.15, 0.2) is 12.4 Å². The first-order valence-electron chi connectivity index (χ1n) is 7.75. The van der Waals surface area contributed by atoms with Crippen LogP contribution in [0.3, 0.4) is 0 Å². The second-order valence-corrected chi connectivity index (χ2v) is 6.82. The number of Topliss-reactive ketones (excluding diaryl/α,β-unsaturated/α-hetero) is 1. The molecular formula is C19H12Cl3NO4. The van der Waals surface area contributed by atoms with E-state index in [4.69, 9.17) is 44.1 Å². The molecule has 0 bridgehead atoms. The summed E-state index contributed by atoms with van der Waals surface area (Å²) in [5.41, 5.74) is 0.957. The van der Waals surface area contributed by atoms with Gasteiger partial charge >= 0.3 is 5.97 Å². The largest absolute Gasteiger partial charge is 0.454 e. The number of halogens is 3. The lowest BCUT2D eigenvalue weighted by Crippen LogP contribution is -2.15. The van der Waals surface area contributed by atoms with E-state index in [0.717, 1.165) is 0 Å². The minimum absolute atomic E-state index is 0.0638. The van der Waals surface area contributed by atoms with Crippen LogP contribution in [-0.4, -0.2) is 23.5 Å². The fraction of sp³-hybridized carbons (Fsp3) is 0.105. The number of hydrogen-bond donors (Lipinski definition) is 0. The van der Waals surface area contributed by atoms with E-state index in [9.17, 15) is 9.59 Å². The van der Waals surface area contributed by atoms with Gasteiger partial charge in [-0.05, 0) is 43.3 Å². The summed E-state index contributed by atoms with van der Waals surface area (Å²) in [6, 6.07) is 11.2. The van der Waals surface area contributed by atoms with Crippen LogP contribution in [0.1, 0.15) is 26.5 Å². The van der Waals surface area contributed by atoms with E-state index < -0.39 is 12.6 Å². The Morgan fingerprint density at radius 3 is 2.30 bits per heavy atom. The lowest BCUT2D eigenvalue weighted by Gasteiger charge is -2.07. The number of esters is 1. The third kappa shape index (κ3) is 4.16. The van der Waals surface area contributed by atoms with E-state index in [1.54, 1.807) is 49.4 Å². The average Bonchev–Trinajstić information content (AvgIpc) is 3.01. The van der Waals surface area contributed by atoms with E-state index in [1.165, 1.54) is 0 Å². The molecule has 138 valence electrons. The third-order valence-electron chi connectivity index (χ3n) is 3.77. The van der Waals surface area contributed by atoms with E-state index in [1.807, 2.05) is 0 Å². The minimum atomic E-state index is -0.762. The zero-order valence-electron chi connectivity index (χ0n) is 14.0. The average molecular weight is 425 g/mol. The number of benzene rings is 2. The standard InChI is InChI=1S/C19H12Cl3NO4/c1-10-16(18(23-27-10)17-13(21)3-2-4-14(17)22)19(25)26-9-15(24)11-5-7-12(20)8-6-11/h2-8H,9H2,1H3. The van der Waals surface area contributed by atoms with Crippen LogP contribution in [0.15, 0.2) is 47.0 Å². The molecule has 3 rings (SSSR count). The van der Waals surface area contributed by atoms with Crippen LogP contribution in [-0.2, 0) is 4.74 Å². The number of nitrogens with zero attached hydrogens (tertiary/aromatic N) is 1. The van der Waals surface area contributed by atoms with Gasteiger partial charge in [0, 0.05) is 16.1 Å². The molecule has 3 aromatic rings. The smallest absolute Gasteiger partial charge is 0.344 e. The van der Waals surface area contributed by atoms with Crippen LogP contribution in [0.4, 0.5) is 0 Å². The molecule has 8 heteroatoms. The highest BCUT2D eigenvalue weighted by Crippen LogP contribution is 2.36. The Balaban J connectivity index is 1.83. The number of aromatic nitrogens is 1. The van der Waals surface area contributed by atoms with Crippen molar-refractivity contribution in [1.29, 1.82) is 0 Å². The van der Waals surface area contributed by atoms with Gasteiger partial charge in [-0.3, -0.25) is 4.79 Å². The van der Waals surface area contributed by atoms with Crippen LogP contribution in [0.2, 0.25) is 15.1 Å². The van der Waals surface area contributed by atoms with Crippen LogP contribution in [0.25, 0.3) is 11.3 Å². The maximum Gasteiger partial charge on any atom is 0.344 e. The number of aryl methyl sites for hydroxylation is 1. The topological polar surface area (TPSA) is 69.4 Å². The first-order valence-corrected chi connectivity index (χ1v) is 8.88. The number of hydrogen-bond acceptors (Lipinski definition) is 5. The Morgan fingerprint density at radius 2 is 1.67 bits per heavy atom. The molecule has 5 nitrogen and oxygen atoms in total. The van der Waals surface area contributed by atoms with Gasteiger partial charge in [0.25, 0.3) is 0 Å². The van der Waals surface area contributed by atoms with Crippen LogP contribution in [0.5, 0.6) is 0 Å². The second-order valence-electron chi connectivity index (χ2n) is 5.57. The first-order chi connectivity index (χ1) is 12.9. The van der Waals surface area contributed by atoms with Crippen LogP contribution >= 0.6 is 34.8 Å². The Labute approximate surface area is 169 Å². The molecule has 1 aromatic heterocycles. The molecule has 0 unspecified atom stereocenters. The highest BCUT2D eigenvalue weighted by atomic mass is 35.5. The number of ketones is 1. The second kappa shape index (κ2) is 8.13. The summed E-state index contributed by atoms with van der Waals surface area (Å²) >= 11 is 18.2. The maximum atomic E-state index is 12.6. The van der Waals surface area contributed by atoms with Gasteiger partial charge in [0.1, 0.15) is 17.0 Å². The molecule has 0 atom stereocenters. The van der Waals surface area contributed by atoms with Crippen molar-refractivity contribution in [3.05, 3.63) is 74.4 Å². The van der Waals surface area contributed by atoms with Gasteiger partial charge in [-0.15, -0.1) is 0 Å². The van der Waals surface area contributed by atoms with Crippen molar-refractivity contribution in [1.82, 2.24) is 5.16 Å². The molecule has 0 saturated heterocycles. The minimum Gasteiger partial charge on any atom is -0.454 e. The van der Waals surface area contributed by atoms with Crippen molar-refractivity contribution < 1.29 is 18.8 Å². The highest BCUT2D eigenvalue weighted by Gasteiger charge is 2.26. The van der Waals surface area contributed by atoms with Crippen molar-refractivity contribution in [3.63, 3.8) is 0 Å². The molecule has 0 saturated carbocycles. The number of rotatable bonds is 5. The maximum absolute atomic E-state index is 12.6. The normalized spacial score (nSPS) is 10.7. The Bertz CT molecular complexity index is 992. The number of carbonyl (C=O) groups excluding carboxylic acids is 2. The summed E-state index contributed by atoms with van der Waals surface area (Å²) in [7, 11) is 0. The lowest BCUT2D eigenvalue weighted by atomic mass is 10.1. The van der Waals surface area contributed by atoms with Crippen molar-refractivity contribution >= 4 is 46.6 Å². The van der Waals surface area contributed by atoms with Crippen molar-refractivity contribution in [2.45, 2.75) is 6.92 Å². The monoisotopic (exact) mass is 423 g/mol. The van der Waals surface area contributed by atoms with Gasteiger partial charge in [0.05, 0.1) is 10.0 Å². The van der Waals surface area contributed by atoms with Gasteiger partial charge in [-0.25, -0.2) is 4.79 Å². The summed E-state index contributed by atoms with van der Waals surface area (Å²) in [6.45, 7) is 1.11. The summed E-state index contributed by atoms with van der Waals surface area (Å²) in [5, 5.41) is 5.00. The third-order valence-corrected chi connectivity index (χ3v) is 4.65. The molecule has 2 aromatic carbocycles. The molecule has 0 fully saturated rings. The Hall–Kier alpha value is -2.34. The van der Waals surface area contributed by atoms with Gasteiger partial charge in [0.2, 0.25) is 0 Å². The molecule has 0 aliphatic carbocycles. The summed E-state index contributed by atoms with van der Waals surface area (Å²) in [5.74, 6) is -0.904. The van der Waals surface area contributed by atoms with Gasteiger partial charge < -0.3 is 9.26 Å². The van der Waals surface area contributed by atoms with Crippen LogP contribution < -0.4 is 0 Å². The zero-order valence-corrected chi connectivity index (χ0v) is 16.2. The number of ether oxygens (including phenoxy) is 1. The van der Waals surface area contributed by atoms with Crippen LogP contribution in [0, 0.1) is 6.92 Å². The summed E-state index contributed by atoms with van der Waals surface area (Å²) in [4.78, 5) is 24.7. The Kier molecular flexibility index (Phi) is 5.85. The fourth-order valence-electron chi connectivity index (χ4n) is 2.43. The van der Waals surface area contributed by atoms with Crippen molar-refractivity contribution in [2.75, 3.05) is 6.61 Å². The quantitative estimate of drug-likeness (QED) is 0.391. The fourth-order valence-corrected chi connectivity index (χ4v) is 3.13. The predicted molar refractivity (Wildman–Crippen MR) is 103 cm³/mol. The van der Waals surface area contributed by atoms with E-state index in [0.29, 0.717) is 26.2 Å². The van der Waals surface area contributed by atoms with E-state index in [2.05, 4.69) is 5.16 Å². The Morgan fingerprint density at radius 1 is 1.04 bits per heavy atom. The molecule has 0 radical (unpaired) electrons. The van der Waals surface area contributed by atoms with Crippen molar-refractivity contribution in [2.24, 2.45) is 0 Å². The molecular weight excluding hydrogens is 413 g/mol. The van der Waals surface area contributed by atoms with E-state index in [-0.39, 0.29) is 22.8 Å². The molecule has 0 aliphatic heterocycles. The molecule has 0 N–H and O–H groups in total. The van der Waals surface area contributed by atoms with Gasteiger partial charge in [-0.2, -0.15) is 0 Å². The predicted octanol–water partition coefficient (Wildman–Crippen LogP) is 5.65. The SMILES string of the molecule is Cc1onc(-c2c(Cl)cccc2Cl)c1C(=O)OCC(=O)c1ccc(Cl)cc1. The molecule has 1 heterocycles. The lowest BCUT2D eigenvalue weighted by molar-refractivity contribution is 0.0473. The zero-order chi connectivity index (χ0) is 19.6. The summed E-state index contributed by atoms with van der Waals surface area (Å²) < 4.78 is 10.3. The molecule has 0 aliphatic rings. The van der Waals surface area contributed by atoms with E-state index >= 15 is 0 Å². The number of carbonyl (C=O) groups is 2. The van der Waals surface area contributed by atoms with Gasteiger partial charge in [-0.1, -0.05) is 46.0 Å². The summed E-state index contributed by atoms with van der Waals surface area (Å²) in [6.07, 6.45) is 0. The molecule has 27 heavy (non-hydrogen) atoms. The van der Waals surface area contributed by atoms with Crippen molar-refractivity contribution in [3.8, 4) is 11.3 Å². The highest BCUT2D eigenvalue weighted by molar-refractivity contribution is 6.39. The molecule has 0 amide bonds. The first kappa shape index (κ1) is 19.4. The molecule has 0 spiro atoms.